The Morgan fingerprint density at radius 2 is 1.73 bits per heavy atom. The van der Waals surface area contributed by atoms with E-state index in [0.29, 0.717) is 16.9 Å². The van der Waals surface area contributed by atoms with Gasteiger partial charge in [0.2, 0.25) is 0 Å². The average Bonchev–Trinajstić information content (AvgIpc) is 2.82. The molecule has 0 bridgehead atoms. The van der Waals surface area contributed by atoms with Crippen molar-refractivity contribution in [3.8, 4) is 0 Å². The first-order valence-electron chi connectivity index (χ1n) is 6.76. The van der Waals surface area contributed by atoms with Crippen LogP contribution in [-0.4, -0.2) is 12.4 Å². The average molecular weight is 310 g/mol. The number of hydrogen-bond acceptors (Lipinski definition) is 2. The fourth-order valence-electron chi connectivity index (χ4n) is 2.60. The lowest BCUT2D eigenvalue weighted by molar-refractivity contribution is 0.588. The van der Waals surface area contributed by atoms with E-state index in [1.54, 1.807) is 55.5 Å². The van der Waals surface area contributed by atoms with Crippen LogP contribution in [0.1, 0.15) is 11.3 Å². The van der Waals surface area contributed by atoms with Crippen molar-refractivity contribution in [3.05, 3.63) is 71.2 Å². The first kappa shape index (κ1) is 14.4. The van der Waals surface area contributed by atoms with Crippen LogP contribution in [0, 0.1) is 20.4 Å². The standard InChI is InChI=1S/C17H14N2O2S/c1-12-9-17-14(11-16(12)18-3)10-13(2)19(17)22(20,21)15-7-5-4-6-8-15/h4-11H,1-2H3. The van der Waals surface area contributed by atoms with Crippen LogP contribution in [0.15, 0.2) is 53.4 Å². The first-order valence-corrected chi connectivity index (χ1v) is 8.20. The molecule has 0 spiro atoms. The van der Waals surface area contributed by atoms with Gasteiger partial charge in [-0.05, 0) is 55.1 Å². The highest BCUT2D eigenvalue weighted by molar-refractivity contribution is 7.90. The predicted octanol–water partition coefficient (Wildman–Crippen LogP) is 4.05. The number of hydrogen-bond donors (Lipinski definition) is 0. The Morgan fingerprint density at radius 1 is 1.05 bits per heavy atom. The second-order valence-corrected chi connectivity index (χ2v) is 6.96. The molecule has 4 nitrogen and oxygen atoms in total. The van der Waals surface area contributed by atoms with Crippen molar-refractivity contribution in [2.45, 2.75) is 18.7 Å². The second kappa shape index (κ2) is 5.00. The Hall–Kier alpha value is -2.58. The molecular weight excluding hydrogens is 296 g/mol. The van der Waals surface area contributed by atoms with E-state index in [4.69, 9.17) is 6.57 Å². The van der Waals surface area contributed by atoms with Crippen molar-refractivity contribution in [1.29, 1.82) is 0 Å². The molecule has 0 radical (unpaired) electrons. The first-order chi connectivity index (χ1) is 10.4. The van der Waals surface area contributed by atoms with Crippen molar-refractivity contribution in [2.24, 2.45) is 0 Å². The van der Waals surface area contributed by atoms with Crippen LogP contribution in [0.5, 0.6) is 0 Å². The zero-order valence-corrected chi connectivity index (χ0v) is 13.1. The van der Waals surface area contributed by atoms with Crippen molar-refractivity contribution >= 4 is 26.6 Å². The van der Waals surface area contributed by atoms with E-state index in [-0.39, 0.29) is 4.90 Å². The van der Waals surface area contributed by atoms with Gasteiger partial charge >= 0.3 is 0 Å². The van der Waals surface area contributed by atoms with E-state index >= 15 is 0 Å². The smallest absolute Gasteiger partial charge is 0.238 e. The molecule has 0 fully saturated rings. The molecule has 0 saturated carbocycles. The summed E-state index contributed by atoms with van der Waals surface area (Å²) in [6, 6.07) is 13.7. The van der Waals surface area contributed by atoms with Crippen LogP contribution >= 0.6 is 0 Å². The van der Waals surface area contributed by atoms with Crippen LogP contribution in [-0.2, 0) is 10.0 Å². The van der Waals surface area contributed by atoms with E-state index in [1.807, 2.05) is 6.92 Å². The molecule has 2 aromatic carbocycles. The highest BCUT2D eigenvalue weighted by Gasteiger charge is 2.21. The SMILES string of the molecule is [C-]#[N+]c1cc2cc(C)n(S(=O)(=O)c3ccccc3)c2cc1C. The van der Waals surface area contributed by atoms with Gasteiger partial charge in [0.25, 0.3) is 10.0 Å². The highest BCUT2D eigenvalue weighted by atomic mass is 32.2. The van der Waals surface area contributed by atoms with Gasteiger partial charge in [0.1, 0.15) is 0 Å². The van der Waals surface area contributed by atoms with E-state index in [2.05, 4.69) is 4.85 Å². The van der Waals surface area contributed by atoms with Crippen LogP contribution in [0.2, 0.25) is 0 Å². The van der Waals surface area contributed by atoms with Gasteiger partial charge < -0.3 is 0 Å². The van der Waals surface area contributed by atoms with E-state index in [0.717, 1.165) is 10.9 Å². The summed E-state index contributed by atoms with van der Waals surface area (Å²) in [6.07, 6.45) is 0. The molecule has 0 atom stereocenters. The molecule has 5 heteroatoms. The van der Waals surface area contributed by atoms with Crippen molar-refractivity contribution in [1.82, 2.24) is 3.97 Å². The number of benzene rings is 2. The zero-order valence-electron chi connectivity index (χ0n) is 12.2. The molecule has 0 saturated heterocycles. The summed E-state index contributed by atoms with van der Waals surface area (Å²) in [4.78, 5) is 3.72. The summed E-state index contributed by atoms with van der Waals surface area (Å²) in [6.45, 7) is 10.7. The summed E-state index contributed by atoms with van der Waals surface area (Å²) in [5, 5.41) is 0.758. The fraction of sp³-hybridized carbons (Fsp3) is 0.118. The maximum absolute atomic E-state index is 12.9. The van der Waals surface area contributed by atoms with Crippen LogP contribution in [0.3, 0.4) is 0 Å². The van der Waals surface area contributed by atoms with Gasteiger partial charge in [-0.15, -0.1) is 0 Å². The number of rotatable bonds is 2. The minimum atomic E-state index is -3.65. The summed E-state index contributed by atoms with van der Waals surface area (Å²) < 4.78 is 27.1. The maximum atomic E-state index is 12.9. The number of fused-ring (bicyclic) bond motifs is 1. The highest BCUT2D eigenvalue weighted by Crippen LogP contribution is 2.30. The number of aryl methyl sites for hydroxylation is 2. The van der Waals surface area contributed by atoms with Crippen LogP contribution in [0.4, 0.5) is 5.69 Å². The Bertz CT molecular complexity index is 1010. The van der Waals surface area contributed by atoms with Crippen molar-refractivity contribution < 1.29 is 8.42 Å². The third-order valence-corrected chi connectivity index (χ3v) is 5.48. The third-order valence-electron chi connectivity index (χ3n) is 3.65. The molecule has 0 amide bonds. The Labute approximate surface area is 129 Å². The molecule has 110 valence electrons. The van der Waals surface area contributed by atoms with Gasteiger partial charge in [-0.1, -0.05) is 18.2 Å². The van der Waals surface area contributed by atoms with Gasteiger partial charge in [-0.3, -0.25) is 0 Å². The molecule has 3 aromatic rings. The molecule has 1 heterocycles. The monoisotopic (exact) mass is 310 g/mol. The van der Waals surface area contributed by atoms with Gasteiger partial charge in [0, 0.05) is 5.69 Å². The Kier molecular flexibility index (Phi) is 3.27. The van der Waals surface area contributed by atoms with E-state index in [9.17, 15) is 8.42 Å². The van der Waals surface area contributed by atoms with Gasteiger partial charge in [-0.2, -0.15) is 0 Å². The number of nitrogens with zero attached hydrogens (tertiary/aromatic N) is 2. The molecule has 22 heavy (non-hydrogen) atoms. The van der Waals surface area contributed by atoms with Crippen LogP contribution in [0.25, 0.3) is 15.7 Å². The molecule has 0 aliphatic rings. The maximum Gasteiger partial charge on any atom is 0.268 e. The van der Waals surface area contributed by atoms with Gasteiger partial charge in [0.05, 0.1) is 17.0 Å². The normalized spacial score (nSPS) is 11.5. The fourth-order valence-corrected chi connectivity index (χ4v) is 4.16. The topological polar surface area (TPSA) is 43.4 Å². The zero-order chi connectivity index (χ0) is 15.9. The quantitative estimate of drug-likeness (QED) is 0.670. The Morgan fingerprint density at radius 3 is 2.36 bits per heavy atom. The minimum Gasteiger partial charge on any atom is -0.238 e. The van der Waals surface area contributed by atoms with Gasteiger partial charge in [0.15, 0.2) is 5.69 Å². The summed E-state index contributed by atoms with van der Waals surface area (Å²) in [7, 11) is -3.65. The van der Waals surface area contributed by atoms with Crippen molar-refractivity contribution in [3.63, 3.8) is 0 Å². The van der Waals surface area contributed by atoms with E-state index in [1.165, 1.54) is 3.97 Å². The minimum absolute atomic E-state index is 0.252. The summed E-state index contributed by atoms with van der Waals surface area (Å²) in [5.74, 6) is 0. The molecule has 0 N–H and O–H groups in total. The summed E-state index contributed by atoms with van der Waals surface area (Å²) in [5.41, 5.74) is 2.54. The predicted molar refractivity (Wildman–Crippen MR) is 86.7 cm³/mol. The third kappa shape index (κ3) is 2.09. The second-order valence-electron chi connectivity index (χ2n) is 5.18. The lowest BCUT2D eigenvalue weighted by atomic mass is 10.1. The van der Waals surface area contributed by atoms with Gasteiger partial charge in [-0.25, -0.2) is 17.2 Å². The van der Waals surface area contributed by atoms with Crippen molar-refractivity contribution in [2.75, 3.05) is 0 Å². The summed E-state index contributed by atoms with van der Waals surface area (Å²) >= 11 is 0. The molecule has 0 aliphatic carbocycles. The van der Waals surface area contributed by atoms with E-state index < -0.39 is 10.0 Å². The molecule has 0 unspecified atom stereocenters. The lowest BCUT2D eigenvalue weighted by Gasteiger charge is -2.10. The van der Waals surface area contributed by atoms with Crippen LogP contribution < -0.4 is 0 Å². The number of aromatic nitrogens is 1. The molecule has 1 aromatic heterocycles. The lowest BCUT2D eigenvalue weighted by Crippen LogP contribution is -2.14. The largest absolute Gasteiger partial charge is 0.268 e. The Balaban J connectivity index is 2.35. The molecule has 3 rings (SSSR count). The molecular formula is C17H14N2O2S. The molecule has 0 aliphatic heterocycles.